The summed E-state index contributed by atoms with van der Waals surface area (Å²) >= 11 is 0. The van der Waals surface area contributed by atoms with Crippen molar-refractivity contribution in [3.63, 3.8) is 0 Å². The number of piperazine rings is 1. The van der Waals surface area contributed by atoms with Crippen LogP contribution in [0.1, 0.15) is 37.8 Å². The molecule has 0 saturated carbocycles. The minimum atomic E-state index is 0.323. The molecule has 2 heterocycles. The molecule has 0 bridgehead atoms. The van der Waals surface area contributed by atoms with Gasteiger partial charge in [0.2, 0.25) is 5.91 Å². The van der Waals surface area contributed by atoms with Crippen molar-refractivity contribution in [1.29, 1.82) is 0 Å². The molecule has 1 aromatic rings. The maximum atomic E-state index is 12.6. The van der Waals surface area contributed by atoms with E-state index in [4.69, 9.17) is 0 Å². The van der Waals surface area contributed by atoms with Crippen LogP contribution in [0.25, 0.3) is 0 Å². The largest absolute Gasteiger partial charge is 0.341 e. The van der Waals surface area contributed by atoms with E-state index in [1.165, 1.54) is 11.1 Å². The molecule has 2 aliphatic heterocycles. The molecule has 4 heteroatoms. The van der Waals surface area contributed by atoms with Gasteiger partial charge in [-0.3, -0.25) is 9.69 Å². The smallest absolute Gasteiger partial charge is 0.222 e. The zero-order chi connectivity index (χ0) is 17.6. The molecule has 1 N–H and O–H groups in total. The van der Waals surface area contributed by atoms with Gasteiger partial charge in [0, 0.05) is 51.7 Å². The van der Waals surface area contributed by atoms with E-state index in [-0.39, 0.29) is 0 Å². The van der Waals surface area contributed by atoms with Crippen LogP contribution in [-0.2, 0) is 17.6 Å². The van der Waals surface area contributed by atoms with E-state index in [2.05, 4.69) is 53.2 Å². The van der Waals surface area contributed by atoms with Crippen molar-refractivity contribution in [3.05, 3.63) is 35.4 Å². The molecule has 2 saturated heterocycles. The Bertz CT molecular complexity index is 549. The van der Waals surface area contributed by atoms with Gasteiger partial charge in [-0.05, 0) is 36.3 Å². The summed E-state index contributed by atoms with van der Waals surface area (Å²) in [6.07, 6.45) is 3.75. The molecule has 2 aliphatic rings. The second-order valence-corrected chi connectivity index (χ2v) is 7.98. The van der Waals surface area contributed by atoms with Crippen LogP contribution in [0.4, 0.5) is 0 Å². The Hall–Kier alpha value is -1.39. The number of carbonyl (C=O) groups is 1. The molecule has 1 unspecified atom stereocenters. The summed E-state index contributed by atoms with van der Waals surface area (Å²) in [4.78, 5) is 17.2. The molecule has 138 valence electrons. The third-order valence-electron chi connectivity index (χ3n) is 5.48. The lowest BCUT2D eigenvalue weighted by Crippen LogP contribution is -2.49. The topological polar surface area (TPSA) is 35.6 Å². The first kappa shape index (κ1) is 18.4. The Morgan fingerprint density at radius 3 is 2.48 bits per heavy atom. The van der Waals surface area contributed by atoms with Crippen LogP contribution in [0, 0.1) is 5.92 Å². The first-order valence-electron chi connectivity index (χ1n) is 9.92. The zero-order valence-electron chi connectivity index (χ0n) is 15.8. The molecular formula is C21H33N3O. The number of nitrogens with zero attached hydrogens (tertiary/aromatic N) is 2. The van der Waals surface area contributed by atoms with E-state index in [1.54, 1.807) is 0 Å². The predicted molar refractivity (Wildman–Crippen MR) is 103 cm³/mol. The van der Waals surface area contributed by atoms with Gasteiger partial charge in [-0.15, -0.1) is 0 Å². The summed E-state index contributed by atoms with van der Waals surface area (Å²) in [5, 5.41) is 3.40. The Labute approximate surface area is 152 Å². The Morgan fingerprint density at radius 1 is 1.12 bits per heavy atom. The maximum absolute atomic E-state index is 12.6. The van der Waals surface area contributed by atoms with E-state index in [1.807, 2.05) is 0 Å². The van der Waals surface area contributed by atoms with E-state index < -0.39 is 0 Å². The molecular weight excluding hydrogens is 310 g/mol. The molecule has 0 aromatic heterocycles. The van der Waals surface area contributed by atoms with Crippen molar-refractivity contribution in [2.45, 2.75) is 45.6 Å². The van der Waals surface area contributed by atoms with Crippen molar-refractivity contribution < 1.29 is 4.79 Å². The summed E-state index contributed by atoms with van der Waals surface area (Å²) in [7, 11) is 0. The van der Waals surface area contributed by atoms with Gasteiger partial charge >= 0.3 is 0 Å². The standard InChI is InChI=1S/C21H33N3O/c1-17(2)15-19-5-3-18(4-6-19)7-8-21(25)24-12-9-20(16-24)23-13-10-22-11-14-23/h3-6,17,20,22H,7-16H2,1-2H3. The van der Waals surface area contributed by atoms with Crippen LogP contribution in [0.5, 0.6) is 0 Å². The average molecular weight is 344 g/mol. The SMILES string of the molecule is CC(C)Cc1ccc(CCC(=O)N2CCC(N3CCNCC3)C2)cc1. The fourth-order valence-electron chi connectivity index (χ4n) is 4.04. The minimum absolute atomic E-state index is 0.323. The second kappa shape index (κ2) is 8.81. The highest BCUT2D eigenvalue weighted by molar-refractivity contribution is 5.76. The predicted octanol–water partition coefficient (Wildman–Crippen LogP) is 2.32. The first-order valence-corrected chi connectivity index (χ1v) is 9.92. The zero-order valence-corrected chi connectivity index (χ0v) is 15.8. The van der Waals surface area contributed by atoms with E-state index in [9.17, 15) is 4.79 Å². The highest BCUT2D eigenvalue weighted by atomic mass is 16.2. The number of aryl methyl sites for hydroxylation is 1. The van der Waals surface area contributed by atoms with Crippen LogP contribution >= 0.6 is 0 Å². The van der Waals surface area contributed by atoms with Gasteiger partial charge in [-0.2, -0.15) is 0 Å². The first-order chi connectivity index (χ1) is 12.1. The van der Waals surface area contributed by atoms with Crippen LogP contribution < -0.4 is 5.32 Å². The number of carbonyl (C=O) groups excluding carboxylic acids is 1. The summed E-state index contributed by atoms with van der Waals surface area (Å²) < 4.78 is 0. The average Bonchev–Trinajstić information content (AvgIpc) is 3.11. The molecule has 25 heavy (non-hydrogen) atoms. The normalized spacial score (nSPS) is 21.9. The lowest BCUT2D eigenvalue weighted by molar-refractivity contribution is -0.130. The highest BCUT2D eigenvalue weighted by Gasteiger charge is 2.30. The summed E-state index contributed by atoms with van der Waals surface area (Å²) in [5.74, 6) is 1.01. The van der Waals surface area contributed by atoms with Gasteiger partial charge in [0.15, 0.2) is 0 Å². The molecule has 3 rings (SSSR count). The van der Waals surface area contributed by atoms with E-state index >= 15 is 0 Å². The Kier molecular flexibility index (Phi) is 6.49. The number of likely N-dealkylation sites (tertiary alicyclic amines) is 1. The number of hydrogen-bond donors (Lipinski definition) is 1. The molecule has 4 nitrogen and oxygen atoms in total. The fourth-order valence-corrected chi connectivity index (χ4v) is 4.04. The molecule has 1 aromatic carbocycles. The van der Waals surface area contributed by atoms with Gasteiger partial charge in [0.25, 0.3) is 0 Å². The van der Waals surface area contributed by atoms with Crippen LogP contribution in [-0.4, -0.2) is 61.0 Å². The van der Waals surface area contributed by atoms with Crippen molar-refractivity contribution in [2.24, 2.45) is 5.92 Å². The van der Waals surface area contributed by atoms with Crippen molar-refractivity contribution in [2.75, 3.05) is 39.3 Å². The second-order valence-electron chi connectivity index (χ2n) is 7.98. The quantitative estimate of drug-likeness (QED) is 0.861. The van der Waals surface area contributed by atoms with Crippen molar-refractivity contribution >= 4 is 5.91 Å². The number of nitrogens with one attached hydrogen (secondary N) is 1. The summed E-state index contributed by atoms with van der Waals surface area (Å²) in [5.41, 5.74) is 2.67. The molecule has 1 atom stereocenters. The monoisotopic (exact) mass is 343 g/mol. The Morgan fingerprint density at radius 2 is 1.80 bits per heavy atom. The van der Waals surface area contributed by atoms with E-state index in [0.717, 1.165) is 58.5 Å². The molecule has 2 fully saturated rings. The lowest BCUT2D eigenvalue weighted by Gasteiger charge is -2.32. The number of hydrogen-bond acceptors (Lipinski definition) is 3. The number of rotatable bonds is 6. The minimum Gasteiger partial charge on any atom is -0.341 e. The van der Waals surface area contributed by atoms with Gasteiger partial charge in [-0.25, -0.2) is 0 Å². The van der Waals surface area contributed by atoms with Gasteiger partial charge in [-0.1, -0.05) is 38.1 Å². The summed E-state index contributed by atoms with van der Waals surface area (Å²) in [6, 6.07) is 9.39. The highest BCUT2D eigenvalue weighted by Crippen LogP contribution is 2.18. The maximum Gasteiger partial charge on any atom is 0.222 e. The third-order valence-corrected chi connectivity index (χ3v) is 5.48. The van der Waals surface area contributed by atoms with Crippen molar-refractivity contribution in [3.8, 4) is 0 Å². The van der Waals surface area contributed by atoms with Crippen molar-refractivity contribution in [1.82, 2.24) is 15.1 Å². The van der Waals surface area contributed by atoms with Crippen LogP contribution in [0.3, 0.4) is 0 Å². The Balaban J connectivity index is 1.43. The number of benzene rings is 1. The third kappa shape index (κ3) is 5.29. The van der Waals surface area contributed by atoms with Crippen LogP contribution in [0.15, 0.2) is 24.3 Å². The van der Waals surface area contributed by atoms with Gasteiger partial charge < -0.3 is 10.2 Å². The summed E-state index contributed by atoms with van der Waals surface area (Å²) in [6.45, 7) is 10.7. The lowest BCUT2D eigenvalue weighted by atomic mass is 10.0. The molecule has 0 spiro atoms. The fraction of sp³-hybridized carbons (Fsp3) is 0.667. The van der Waals surface area contributed by atoms with Crippen LogP contribution in [0.2, 0.25) is 0 Å². The molecule has 1 amide bonds. The van der Waals surface area contributed by atoms with Gasteiger partial charge in [0.1, 0.15) is 0 Å². The van der Waals surface area contributed by atoms with E-state index in [0.29, 0.717) is 24.3 Å². The molecule has 0 radical (unpaired) electrons. The molecule has 0 aliphatic carbocycles. The number of amides is 1. The van der Waals surface area contributed by atoms with Gasteiger partial charge in [0.05, 0.1) is 0 Å².